The number of esters is 1. The molecule has 3 N–H and O–H groups in total. The molecule has 30 heavy (non-hydrogen) atoms. The van der Waals surface area contributed by atoms with Gasteiger partial charge in [-0.1, -0.05) is 12.1 Å². The van der Waals surface area contributed by atoms with Gasteiger partial charge in [-0.2, -0.15) is 0 Å². The molecule has 2 amide bonds. The van der Waals surface area contributed by atoms with Crippen molar-refractivity contribution in [1.82, 2.24) is 15.5 Å². The van der Waals surface area contributed by atoms with Crippen LogP contribution in [0.4, 0.5) is 4.79 Å². The maximum Gasteiger partial charge on any atom is 0.317 e. The summed E-state index contributed by atoms with van der Waals surface area (Å²) in [5.74, 6) is 0.422. The number of carbonyl (C=O) groups excluding carboxylic acids is 2. The van der Waals surface area contributed by atoms with E-state index in [4.69, 9.17) is 9.47 Å². The summed E-state index contributed by atoms with van der Waals surface area (Å²) in [5.41, 5.74) is 1.02. The molecule has 1 aliphatic rings. The molecule has 1 aliphatic heterocycles. The maximum absolute atomic E-state index is 11.9. The number of amides is 2. The fourth-order valence-electron chi connectivity index (χ4n) is 2.76. The van der Waals surface area contributed by atoms with Crippen LogP contribution in [0.15, 0.2) is 24.3 Å². The Hall–Kier alpha value is -2.07. The summed E-state index contributed by atoms with van der Waals surface area (Å²) < 4.78 is 15.4. The molecule has 0 bridgehead atoms. The van der Waals surface area contributed by atoms with Gasteiger partial charge in [-0.15, -0.1) is 12.4 Å². The van der Waals surface area contributed by atoms with Gasteiger partial charge in [-0.3, -0.25) is 4.79 Å². The first-order valence-electron chi connectivity index (χ1n) is 9.86. The number of ether oxygens (including phenoxy) is 3. The summed E-state index contributed by atoms with van der Waals surface area (Å²) in [6, 6.07) is 7.32. The Balaban J connectivity index is 0.00000450. The van der Waals surface area contributed by atoms with Crippen LogP contribution >= 0.6 is 12.4 Å². The quantitative estimate of drug-likeness (QED) is 0.337. The van der Waals surface area contributed by atoms with Crippen molar-refractivity contribution in [3.8, 4) is 5.75 Å². The van der Waals surface area contributed by atoms with Crippen molar-refractivity contribution in [2.75, 3.05) is 59.7 Å². The van der Waals surface area contributed by atoms with Crippen molar-refractivity contribution in [2.45, 2.75) is 18.9 Å². The standard InChI is InChI=1S/C20H31N3O6.ClH/c1-27-19(25)7-4-16-2-5-18(6-3-16)29-15-17(24)14-21-8-9-22-20(26)23-10-12-28-13-11-23;/h2-3,5-6,17,21,24H,4,7-15H2,1H3,(H,22,26);1H/t17-;/m1./s1. The largest absolute Gasteiger partial charge is 0.491 e. The number of morpholine rings is 1. The number of halogens is 1. The Morgan fingerprint density at radius 2 is 1.90 bits per heavy atom. The molecule has 0 aromatic heterocycles. The van der Waals surface area contributed by atoms with Crippen molar-refractivity contribution in [1.29, 1.82) is 0 Å². The summed E-state index contributed by atoms with van der Waals surface area (Å²) in [6.07, 6.45) is 0.291. The lowest BCUT2D eigenvalue weighted by Gasteiger charge is -2.27. The number of aliphatic hydroxyl groups is 1. The molecule has 1 aromatic carbocycles. The van der Waals surface area contributed by atoms with Gasteiger partial charge in [0.15, 0.2) is 0 Å². The first-order chi connectivity index (χ1) is 14.1. The highest BCUT2D eigenvalue weighted by atomic mass is 35.5. The van der Waals surface area contributed by atoms with Gasteiger partial charge in [-0.25, -0.2) is 4.79 Å². The number of aliphatic hydroxyl groups excluding tert-OH is 1. The summed E-state index contributed by atoms with van der Waals surface area (Å²) in [4.78, 5) is 24.8. The van der Waals surface area contributed by atoms with E-state index >= 15 is 0 Å². The molecule has 0 spiro atoms. The molecule has 1 atom stereocenters. The third-order valence-electron chi connectivity index (χ3n) is 4.47. The van der Waals surface area contributed by atoms with Crippen LogP contribution in [0, 0.1) is 0 Å². The summed E-state index contributed by atoms with van der Waals surface area (Å²) in [5, 5.41) is 15.9. The Kier molecular flexibility index (Phi) is 12.8. The normalized spacial score (nSPS) is 14.4. The zero-order valence-electron chi connectivity index (χ0n) is 17.3. The number of methoxy groups -OCH3 is 1. The van der Waals surface area contributed by atoms with Crippen molar-refractivity contribution < 1.29 is 28.9 Å². The molecular weight excluding hydrogens is 414 g/mol. The Labute approximate surface area is 183 Å². The van der Waals surface area contributed by atoms with Crippen LogP contribution in [0.5, 0.6) is 5.75 Å². The molecule has 0 radical (unpaired) electrons. The van der Waals surface area contributed by atoms with E-state index in [9.17, 15) is 14.7 Å². The second-order valence-electron chi connectivity index (χ2n) is 6.72. The molecule has 1 saturated heterocycles. The zero-order valence-corrected chi connectivity index (χ0v) is 18.1. The Bertz CT molecular complexity index is 625. The van der Waals surface area contributed by atoms with Crippen LogP contribution in [0.1, 0.15) is 12.0 Å². The smallest absolute Gasteiger partial charge is 0.317 e. The molecule has 10 heteroatoms. The number of carbonyl (C=O) groups is 2. The maximum atomic E-state index is 11.9. The fraction of sp³-hybridized carbons (Fsp3) is 0.600. The molecule has 170 valence electrons. The van der Waals surface area contributed by atoms with Crippen LogP contribution in [0.25, 0.3) is 0 Å². The van der Waals surface area contributed by atoms with Crippen LogP contribution in [-0.4, -0.2) is 87.8 Å². The van der Waals surface area contributed by atoms with Gasteiger partial charge in [0.1, 0.15) is 18.5 Å². The highest BCUT2D eigenvalue weighted by Gasteiger charge is 2.15. The van der Waals surface area contributed by atoms with Gasteiger partial charge in [-0.05, 0) is 24.1 Å². The highest BCUT2D eigenvalue weighted by Crippen LogP contribution is 2.13. The fourth-order valence-corrected chi connectivity index (χ4v) is 2.76. The number of aryl methyl sites for hydroxylation is 1. The van der Waals surface area contributed by atoms with Crippen molar-refractivity contribution >= 4 is 24.4 Å². The summed E-state index contributed by atoms with van der Waals surface area (Å²) >= 11 is 0. The number of rotatable bonds is 11. The van der Waals surface area contributed by atoms with E-state index in [1.807, 2.05) is 24.3 Å². The van der Waals surface area contributed by atoms with E-state index in [-0.39, 0.29) is 31.0 Å². The second kappa shape index (κ2) is 14.8. The number of nitrogens with one attached hydrogen (secondary N) is 2. The molecular formula is C20H32ClN3O6. The van der Waals surface area contributed by atoms with Crippen LogP contribution in [0.2, 0.25) is 0 Å². The van der Waals surface area contributed by atoms with Crippen LogP contribution in [0.3, 0.4) is 0 Å². The number of hydrogen-bond donors (Lipinski definition) is 3. The molecule has 1 heterocycles. The third-order valence-corrected chi connectivity index (χ3v) is 4.47. The van der Waals surface area contributed by atoms with Gasteiger partial charge < -0.3 is 34.9 Å². The van der Waals surface area contributed by atoms with Crippen molar-refractivity contribution in [3.05, 3.63) is 29.8 Å². The highest BCUT2D eigenvalue weighted by molar-refractivity contribution is 5.85. The molecule has 0 saturated carbocycles. The number of nitrogens with zero attached hydrogens (tertiary/aromatic N) is 1. The Morgan fingerprint density at radius 3 is 2.57 bits per heavy atom. The predicted molar refractivity (Wildman–Crippen MR) is 114 cm³/mol. The predicted octanol–water partition coefficient (Wildman–Crippen LogP) is 0.585. The number of benzene rings is 1. The monoisotopic (exact) mass is 445 g/mol. The van der Waals surface area contributed by atoms with Gasteiger partial charge in [0.2, 0.25) is 0 Å². The molecule has 1 aromatic rings. The van der Waals surface area contributed by atoms with Crippen molar-refractivity contribution in [2.24, 2.45) is 0 Å². The molecule has 9 nitrogen and oxygen atoms in total. The first kappa shape index (κ1) is 26.0. The number of urea groups is 1. The van der Waals surface area contributed by atoms with Gasteiger partial charge in [0.25, 0.3) is 0 Å². The lowest BCUT2D eigenvalue weighted by atomic mass is 10.1. The number of hydrogen-bond acceptors (Lipinski definition) is 7. The lowest BCUT2D eigenvalue weighted by Crippen LogP contribution is -2.47. The van der Waals surface area contributed by atoms with Gasteiger partial charge in [0.05, 0.1) is 20.3 Å². The average Bonchev–Trinajstić information content (AvgIpc) is 2.76. The molecule has 0 aliphatic carbocycles. The average molecular weight is 446 g/mol. The van der Waals surface area contributed by atoms with E-state index in [1.54, 1.807) is 4.90 Å². The van der Waals surface area contributed by atoms with Gasteiger partial charge >= 0.3 is 12.0 Å². The van der Waals surface area contributed by atoms with E-state index < -0.39 is 6.10 Å². The minimum absolute atomic E-state index is 0. The molecule has 2 rings (SSSR count). The minimum atomic E-state index is -0.663. The van der Waals surface area contributed by atoms with Crippen LogP contribution < -0.4 is 15.4 Å². The van der Waals surface area contributed by atoms with E-state index in [0.29, 0.717) is 64.5 Å². The zero-order chi connectivity index (χ0) is 20.9. The topological polar surface area (TPSA) is 109 Å². The third kappa shape index (κ3) is 10.1. The minimum Gasteiger partial charge on any atom is -0.491 e. The first-order valence-corrected chi connectivity index (χ1v) is 9.86. The Morgan fingerprint density at radius 1 is 1.20 bits per heavy atom. The lowest BCUT2D eigenvalue weighted by molar-refractivity contribution is -0.140. The van der Waals surface area contributed by atoms with E-state index in [1.165, 1.54) is 7.11 Å². The second-order valence-corrected chi connectivity index (χ2v) is 6.72. The van der Waals surface area contributed by atoms with Gasteiger partial charge in [0, 0.05) is 39.1 Å². The van der Waals surface area contributed by atoms with E-state index in [2.05, 4.69) is 15.4 Å². The summed E-state index contributed by atoms with van der Waals surface area (Å²) in [6.45, 7) is 3.95. The van der Waals surface area contributed by atoms with E-state index in [0.717, 1.165) is 5.56 Å². The molecule has 0 unspecified atom stereocenters. The van der Waals surface area contributed by atoms with Crippen LogP contribution in [-0.2, 0) is 20.7 Å². The SMILES string of the molecule is COC(=O)CCc1ccc(OC[C@H](O)CNCCNC(=O)N2CCOCC2)cc1.Cl. The summed E-state index contributed by atoms with van der Waals surface area (Å²) in [7, 11) is 1.38. The van der Waals surface area contributed by atoms with Crippen molar-refractivity contribution in [3.63, 3.8) is 0 Å². The molecule has 1 fully saturated rings.